The lowest BCUT2D eigenvalue weighted by molar-refractivity contribution is 0.218. The number of aromatic nitrogens is 1. The Morgan fingerprint density at radius 1 is 1.00 bits per heavy atom. The van der Waals surface area contributed by atoms with Crippen LogP contribution >= 0.6 is 11.3 Å². The van der Waals surface area contributed by atoms with Gasteiger partial charge in [-0.15, -0.1) is 11.3 Å². The Labute approximate surface area is 161 Å². The molecule has 0 bridgehead atoms. The second-order valence-electron chi connectivity index (χ2n) is 6.38. The molecule has 0 N–H and O–H groups in total. The Hall–Kier alpha value is -3.17. The second-order valence-corrected chi connectivity index (χ2v) is 7.25. The standard InChI is InChI=1S/C21H18N4OS/c22-15-16-3-5-17(6-4-16)18-7-9-19(10-8-18)25-13-14-27-21(25)23-20(26)24-11-1-2-12-24/h3-10,13-14H,1-2,11-12H2/b23-21-. The Kier molecular flexibility index (Phi) is 4.86. The van der Waals surface area contributed by atoms with Crippen molar-refractivity contribution in [2.24, 2.45) is 4.99 Å². The van der Waals surface area contributed by atoms with Crippen molar-refractivity contribution in [3.63, 3.8) is 0 Å². The number of hydrogen-bond acceptors (Lipinski definition) is 3. The second kappa shape index (κ2) is 7.60. The van der Waals surface area contributed by atoms with Crippen LogP contribution in [0.3, 0.4) is 0 Å². The van der Waals surface area contributed by atoms with Crippen molar-refractivity contribution in [1.29, 1.82) is 5.26 Å². The van der Waals surface area contributed by atoms with Crippen LogP contribution in [0.25, 0.3) is 16.8 Å². The molecule has 6 heteroatoms. The van der Waals surface area contributed by atoms with Crippen LogP contribution in [0.15, 0.2) is 65.1 Å². The third-order valence-electron chi connectivity index (χ3n) is 4.65. The maximum atomic E-state index is 12.3. The molecule has 1 aromatic heterocycles. The summed E-state index contributed by atoms with van der Waals surface area (Å²) in [7, 11) is 0. The fourth-order valence-electron chi connectivity index (χ4n) is 3.16. The SMILES string of the molecule is N#Cc1ccc(-c2ccc(-n3ccs/c3=N\C(=O)N3CCCC3)cc2)cc1. The molecular formula is C21H18N4OS. The monoisotopic (exact) mass is 374 g/mol. The average molecular weight is 374 g/mol. The fraction of sp³-hybridized carbons (Fsp3) is 0.190. The number of amides is 2. The van der Waals surface area contributed by atoms with E-state index in [4.69, 9.17) is 5.26 Å². The third kappa shape index (κ3) is 3.69. The van der Waals surface area contributed by atoms with Crippen LogP contribution in [-0.4, -0.2) is 28.6 Å². The van der Waals surface area contributed by atoms with Gasteiger partial charge < -0.3 is 4.90 Å². The Bertz CT molecular complexity index is 1050. The third-order valence-corrected chi connectivity index (χ3v) is 5.41. The zero-order chi connectivity index (χ0) is 18.6. The zero-order valence-corrected chi connectivity index (χ0v) is 15.5. The minimum Gasteiger partial charge on any atom is -0.323 e. The Morgan fingerprint density at radius 2 is 1.63 bits per heavy atom. The predicted octanol–water partition coefficient (Wildman–Crippen LogP) is 4.19. The van der Waals surface area contributed by atoms with Crippen molar-refractivity contribution >= 4 is 17.4 Å². The highest BCUT2D eigenvalue weighted by atomic mass is 32.1. The first-order chi connectivity index (χ1) is 13.2. The molecule has 2 heterocycles. The van der Waals surface area contributed by atoms with Gasteiger partial charge in [0.25, 0.3) is 0 Å². The molecule has 27 heavy (non-hydrogen) atoms. The minimum absolute atomic E-state index is 0.155. The minimum atomic E-state index is -0.155. The number of hydrogen-bond donors (Lipinski definition) is 0. The van der Waals surface area contributed by atoms with Gasteiger partial charge >= 0.3 is 6.03 Å². The van der Waals surface area contributed by atoms with Crippen molar-refractivity contribution in [1.82, 2.24) is 9.47 Å². The van der Waals surface area contributed by atoms with E-state index in [1.807, 2.05) is 64.7 Å². The number of urea groups is 1. The largest absolute Gasteiger partial charge is 0.346 e. The molecule has 0 saturated carbocycles. The number of carbonyl (C=O) groups excluding carboxylic acids is 1. The first-order valence-corrected chi connectivity index (χ1v) is 9.73. The van der Waals surface area contributed by atoms with Crippen LogP contribution in [0, 0.1) is 11.3 Å². The zero-order valence-electron chi connectivity index (χ0n) is 14.7. The molecule has 5 nitrogen and oxygen atoms in total. The summed E-state index contributed by atoms with van der Waals surface area (Å²) in [5.41, 5.74) is 3.75. The highest BCUT2D eigenvalue weighted by molar-refractivity contribution is 7.07. The van der Waals surface area contributed by atoms with Gasteiger partial charge in [-0.3, -0.25) is 4.57 Å². The Balaban J connectivity index is 1.60. The summed E-state index contributed by atoms with van der Waals surface area (Å²) in [5, 5.41) is 10.8. The van der Waals surface area contributed by atoms with Crippen LogP contribution in [0.1, 0.15) is 18.4 Å². The summed E-state index contributed by atoms with van der Waals surface area (Å²) in [6, 6.07) is 17.6. The molecule has 0 aliphatic carbocycles. The quantitative estimate of drug-likeness (QED) is 0.675. The van der Waals surface area contributed by atoms with E-state index in [9.17, 15) is 4.79 Å². The van der Waals surface area contributed by atoms with Gasteiger partial charge in [0.2, 0.25) is 0 Å². The van der Waals surface area contributed by atoms with Crippen molar-refractivity contribution in [2.75, 3.05) is 13.1 Å². The number of carbonyl (C=O) groups is 1. The Morgan fingerprint density at radius 3 is 2.26 bits per heavy atom. The maximum Gasteiger partial charge on any atom is 0.346 e. The molecule has 1 fully saturated rings. The van der Waals surface area contributed by atoms with E-state index in [0.717, 1.165) is 42.7 Å². The van der Waals surface area contributed by atoms with Crippen molar-refractivity contribution in [3.05, 3.63) is 70.5 Å². The molecule has 2 aromatic carbocycles. The lowest BCUT2D eigenvalue weighted by atomic mass is 10.0. The molecule has 1 aliphatic heterocycles. The molecule has 4 rings (SSSR count). The van der Waals surface area contributed by atoms with Crippen molar-refractivity contribution < 1.29 is 4.79 Å². The van der Waals surface area contributed by atoms with E-state index < -0.39 is 0 Å². The number of nitrogens with zero attached hydrogens (tertiary/aromatic N) is 4. The fourth-order valence-corrected chi connectivity index (χ4v) is 3.88. The summed E-state index contributed by atoms with van der Waals surface area (Å²) in [6.07, 6.45) is 4.04. The first-order valence-electron chi connectivity index (χ1n) is 8.85. The number of likely N-dealkylation sites (tertiary alicyclic amines) is 1. The van der Waals surface area contributed by atoms with E-state index in [0.29, 0.717) is 10.4 Å². The summed E-state index contributed by atoms with van der Waals surface area (Å²) < 4.78 is 1.93. The van der Waals surface area contributed by atoms with Crippen LogP contribution in [-0.2, 0) is 0 Å². The van der Waals surface area contributed by atoms with Gasteiger partial charge in [-0.05, 0) is 48.2 Å². The van der Waals surface area contributed by atoms with E-state index >= 15 is 0 Å². The molecule has 0 unspecified atom stereocenters. The summed E-state index contributed by atoms with van der Waals surface area (Å²) >= 11 is 1.45. The number of thiazole rings is 1. The predicted molar refractivity (Wildman–Crippen MR) is 106 cm³/mol. The molecule has 3 aromatic rings. The first kappa shape index (κ1) is 17.3. The van der Waals surface area contributed by atoms with Crippen molar-refractivity contribution in [3.8, 4) is 22.9 Å². The highest BCUT2D eigenvalue weighted by Gasteiger charge is 2.17. The summed E-state index contributed by atoms with van der Waals surface area (Å²) in [4.78, 5) is 19.1. The number of nitriles is 1. The molecule has 0 radical (unpaired) electrons. The normalized spacial score (nSPS) is 14.3. The van der Waals surface area contributed by atoms with E-state index in [1.54, 1.807) is 4.90 Å². The van der Waals surface area contributed by atoms with E-state index in [-0.39, 0.29) is 6.03 Å². The van der Waals surface area contributed by atoms with Gasteiger partial charge in [0.15, 0.2) is 4.80 Å². The van der Waals surface area contributed by atoms with Crippen LogP contribution < -0.4 is 4.80 Å². The summed E-state index contributed by atoms with van der Waals surface area (Å²) in [6.45, 7) is 1.60. The molecule has 1 aliphatic rings. The van der Waals surface area contributed by atoms with Crippen LogP contribution in [0.4, 0.5) is 4.79 Å². The van der Waals surface area contributed by atoms with Gasteiger partial charge in [-0.2, -0.15) is 10.3 Å². The van der Waals surface area contributed by atoms with Gasteiger partial charge in [0.05, 0.1) is 11.6 Å². The summed E-state index contributed by atoms with van der Waals surface area (Å²) in [5.74, 6) is 0. The topological polar surface area (TPSA) is 61.4 Å². The molecule has 0 atom stereocenters. The average Bonchev–Trinajstić information content (AvgIpc) is 3.40. The van der Waals surface area contributed by atoms with E-state index in [1.165, 1.54) is 11.3 Å². The smallest absolute Gasteiger partial charge is 0.323 e. The maximum absolute atomic E-state index is 12.3. The number of benzene rings is 2. The van der Waals surface area contributed by atoms with Gasteiger partial charge in [-0.1, -0.05) is 24.3 Å². The van der Waals surface area contributed by atoms with Gasteiger partial charge in [0, 0.05) is 30.4 Å². The number of rotatable bonds is 2. The van der Waals surface area contributed by atoms with Crippen LogP contribution in [0.2, 0.25) is 0 Å². The molecule has 0 spiro atoms. The molecular weight excluding hydrogens is 356 g/mol. The van der Waals surface area contributed by atoms with E-state index in [2.05, 4.69) is 11.1 Å². The lowest BCUT2D eigenvalue weighted by Crippen LogP contribution is -2.27. The van der Waals surface area contributed by atoms with Gasteiger partial charge in [-0.25, -0.2) is 4.79 Å². The van der Waals surface area contributed by atoms with Crippen LogP contribution in [0.5, 0.6) is 0 Å². The lowest BCUT2D eigenvalue weighted by Gasteiger charge is -2.11. The van der Waals surface area contributed by atoms with Crippen molar-refractivity contribution in [2.45, 2.75) is 12.8 Å². The molecule has 1 saturated heterocycles. The molecule has 2 amide bonds. The van der Waals surface area contributed by atoms with Gasteiger partial charge in [0.1, 0.15) is 0 Å². The molecule has 134 valence electrons. The highest BCUT2D eigenvalue weighted by Crippen LogP contribution is 2.21.